The van der Waals surface area contributed by atoms with Gasteiger partial charge in [0.1, 0.15) is 13.2 Å². The Morgan fingerprint density at radius 2 is 1.40 bits per heavy atom. The standard InChI is InChI=1S/C11H24N4O5/c1-8(2)20-5-9(3-18-6-10(16)14-12)4-19-7-11(17)15-13/h8-9H,3-7,12-13H2,1-2H3,(H,14,16)(H,15,17). The summed E-state index contributed by atoms with van der Waals surface area (Å²) < 4.78 is 15.8. The van der Waals surface area contributed by atoms with Crippen LogP contribution in [0.2, 0.25) is 0 Å². The Morgan fingerprint density at radius 3 is 1.75 bits per heavy atom. The molecule has 9 nitrogen and oxygen atoms in total. The molecule has 0 rings (SSSR count). The molecule has 0 aromatic heterocycles. The van der Waals surface area contributed by atoms with Crippen LogP contribution >= 0.6 is 0 Å². The number of carbonyl (C=O) groups excluding carboxylic acids is 2. The van der Waals surface area contributed by atoms with E-state index in [1.165, 1.54) is 0 Å². The number of hydrogen-bond acceptors (Lipinski definition) is 7. The molecule has 0 atom stereocenters. The van der Waals surface area contributed by atoms with E-state index in [2.05, 4.69) is 0 Å². The van der Waals surface area contributed by atoms with Crippen molar-refractivity contribution in [2.75, 3.05) is 33.0 Å². The van der Waals surface area contributed by atoms with E-state index in [1.807, 2.05) is 24.7 Å². The molecule has 6 N–H and O–H groups in total. The van der Waals surface area contributed by atoms with Crippen molar-refractivity contribution < 1.29 is 23.8 Å². The number of rotatable bonds is 11. The molecule has 0 heterocycles. The first kappa shape index (κ1) is 18.7. The Hall–Kier alpha value is -1.26. The fraction of sp³-hybridized carbons (Fsp3) is 0.818. The zero-order valence-electron chi connectivity index (χ0n) is 11.9. The zero-order chi connectivity index (χ0) is 15.4. The Bertz CT molecular complexity index is 266. The van der Waals surface area contributed by atoms with Crippen LogP contribution in [0.1, 0.15) is 13.8 Å². The van der Waals surface area contributed by atoms with Crippen molar-refractivity contribution >= 4 is 11.8 Å². The van der Waals surface area contributed by atoms with Gasteiger partial charge in [-0.1, -0.05) is 0 Å². The summed E-state index contributed by atoms with van der Waals surface area (Å²) in [5.41, 5.74) is 3.92. The van der Waals surface area contributed by atoms with Gasteiger partial charge in [0.05, 0.1) is 25.9 Å². The maximum absolute atomic E-state index is 10.9. The molecular formula is C11H24N4O5. The number of hydrogen-bond donors (Lipinski definition) is 4. The molecule has 2 amide bonds. The van der Waals surface area contributed by atoms with E-state index in [1.54, 1.807) is 0 Å². The summed E-state index contributed by atoms with van der Waals surface area (Å²) in [4.78, 5) is 21.8. The van der Waals surface area contributed by atoms with Crippen LogP contribution in [-0.2, 0) is 23.8 Å². The van der Waals surface area contributed by atoms with Crippen molar-refractivity contribution in [3.05, 3.63) is 0 Å². The molecule has 9 heteroatoms. The molecule has 118 valence electrons. The van der Waals surface area contributed by atoms with Gasteiger partial charge in [-0.25, -0.2) is 11.7 Å². The summed E-state index contributed by atoms with van der Waals surface area (Å²) in [5, 5.41) is 0. The molecule has 0 spiro atoms. The second kappa shape index (κ2) is 11.6. The van der Waals surface area contributed by atoms with Gasteiger partial charge in [0.25, 0.3) is 11.8 Å². The molecule has 0 aliphatic rings. The normalized spacial score (nSPS) is 10.9. The molecule has 0 aliphatic heterocycles. The van der Waals surface area contributed by atoms with Crippen molar-refractivity contribution in [1.29, 1.82) is 0 Å². The third kappa shape index (κ3) is 10.6. The molecule has 0 fully saturated rings. The lowest BCUT2D eigenvalue weighted by Crippen LogP contribution is -2.35. The molecule has 0 aromatic carbocycles. The molecule has 0 saturated heterocycles. The lowest BCUT2D eigenvalue weighted by Gasteiger charge is -2.18. The van der Waals surface area contributed by atoms with Crippen molar-refractivity contribution in [3.63, 3.8) is 0 Å². The zero-order valence-corrected chi connectivity index (χ0v) is 11.9. The van der Waals surface area contributed by atoms with E-state index in [0.29, 0.717) is 6.61 Å². The lowest BCUT2D eigenvalue weighted by atomic mass is 10.2. The van der Waals surface area contributed by atoms with E-state index >= 15 is 0 Å². The fourth-order valence-corrected chi connectivity index (χ4v) is 1.19. The highest BCUT2D eigenvalue weighted by Gasteiger charge is 2.13. The molecular weight excluding hydrogens is 268 g/mol. The van der Waals surface area contributed by atoms with Crippen molar-refractivity contribution in [1.82, 2.24) is 10.9 Å². The van der Waals surface area contributed by atoms with E-state index < -0.39 is 11.8 Å². The molecule has 0 radical (unpaired) electrons. The quantitative estimate of drug-likeness (QED) is 0.197. The summed E-state index contributed by atoms with van der Waals surface area (Å²) in [6.07, 6.45) is 0.0668. The Morgan fingerprint density at radius 1 is 0.950 bits per heavy atom. The second-order valence-electron chi connectivity index (χ2n) is 4.41. The average molecular weight is 292 g/mol. The van der Waals surface area contributed by atoms with Gasteiger partial charge in [-0.2, -0.15) is 0 Å². The highest BCUT2D eigenvalue weighted by atomic mass is 16.5. The van der Waals surface area contributed by atoms with Gasteiger partial charge in [-0.15, -0.1) is 0 Å². The lowest BCUT2D eigenvalue weighted by molar-refractivity contribution is -0.128. The smallest absolute Gasteiger partial charge is 0.259 e. The first-order valence-corrected chi connectivity index (χ1v) is 6.25. The van der Waals surface area contributed by atoms with Crippen LogP contribution in [0.15, 0.2) is 0 Å². The molecule has 0 unspecified atom stereocenters. The Kier molecular flexibility index (Phi) is 10.8. The van der Waals surface area contributed by atoms with Crippen LogP contribution in [0, 0.1) is 5.92 Å². The summed E-state index contributed by atoms with van der Waals surface area (Å²) in [6.45, 7) is 4.43. The topological polar surface area (TPSA) is 138 Å². The molecule has 0 aromatic rings. The van der Waals surface area contributed by atoms with Gasteiger partial charge in [0.2, 0.25) is 0 Å². The SMILES string of the molecule is CC(C)OCC(COCC(=O)NN)COCC(=O)NN. The van der Waals surface area contributed by atoms with Gasteiger partial charge in [-0.05, 0) is 13.8 Å². The maximum atomic E-state index is 10.9. The molecule has 0 saturated carbocycles. The predicted molar refractivity (Wildman–Crippen MR) is 70.9 cm³/mol. The Balaban J connectivity index is 3.99. The van der Waals surface area contributed by atoms with Crippen LogP contribution in [0.25, 0.3) is 0 Å². The monoisotopic (exact) mass is 292 g/mol. The van der Waals surface area contributed by atoms with Gasteiger partial charge < -0.3 is 14.2 Å². The molecule has 0 aliphatic carbocycles. The minimum Gasteiger partial charge on any atom is -0.378 e. The van der Waals surface area contributed by atoms with Crippen LogP contribution in [0.3, 0.4) is 0 Å². The van der Waals surface area contributed by atoms with Gasteiger partial charge >= 0.3 is 0 Å². The van der Waals surface area contributed by atoms with Gasteiger partial charge in [0.15, 0.2) is 0 Å². The van der Waals surface area contributed by atoms with Crippen molar-refractivity contribution in [3.8, 4) is 0 Å². The van der Waals surface area contributed by atoms with Gasteiger partial charge in [0, 0.05) is 5.92 Å². The van der Waals surface area contributed by atoms with Crippen LogP contribution in [0.4, 0.5) is 0 Å². The number of nitrogens with two attached hydrogens (primary N) is 2. The van der Waals surface area contributed by atoms with E-state index in [9.17, 15) is 9.59 Å². The summed E-state index contributed by atoms with van der Waals surface area (Å²) >= 11 is 0. The molecule has 0 bridgehead atoms. The summed E-state index contributed by atoms with van der Waals surface area (Å²) in [7, 11) is 0. The number of hydrazine groups is 2. The van der Waals surface area contributed by atoms with Crippen LogP contribution in [-0.4, -0.2) is 51.0 Å². The predicted octanol–water partition coefficient (Wildman–Crippen LogP) is -1.96. The molecule has 20 heavy (non-hydrogen) atoms. The highest BCUT2D eigenvalue weighted by molar-refractivity contribution is 5.76. The van der Waals surface area contributed by atoms with Crippen LogP contribution in [0.5, 0.6) is 0 Å². The van der Waals surface area contributed by atoms with Crippen molar-refractivity contribution in [2.24, 2.45) is 17.6 Å². The van der Waals surface area contributed by atoms with E-state index in [-0.39, 0.29) is 38.4 Å². The maximum Gasteiger partial charge on any atom is 0.259 e. The van der Waals surface area contributed by atoms with Gasteiger partial charge in [-0.3, -0.25) is 20.4 Å². The van der Waals surface area contributed by atoms with Crippen LogP contribution < -0.4 is 22.5 Å². The number of ether oxygens (including phenoxy) is 3. The minimum atomic E-state index is -0.419. The van der Waals surface area contributed by atoms with Crippen molar-refractivity contribution in [2.45, 2.75) is 20.0 Å². The summed E-state index contributed by atoms with van der Waals surface area (Å²) in [6, 6.07) is 0. The first-order valence-electron chi connectivity index (χ1n) is 6.25. The number of nitrogens with one attached hydrogen (secondary N) is 2. The average Bonchev–Trinajstić information content (AvgIpc) is 2.43. The fourth-order valence-electron chi connectivity index (χ4n) is 1.19. The first-order chi connectivity index (χ1) is 9.49. The highest BCUT2D eigenvalue weighted by Crippen LogP contribution is 2.03. The third-order valence-electron chi connectivity index (χ3n) is 2.16. The largest absolute Gasteiger partial charge is 0.378 e. The number of amides is 2. The Labute approximate surface area is 118 Å². The third-order valence-corrected chi connectivity index (χ3v) is 2.16. The van der Waals surface area contributed by atoms with E-state index in [4.69, 9.17) is 25.9 Å². The summed E-state index contributed by atoms with van der Waals surface area (Å²) in [5.74, 6) is 8.92. The van der Waals surface area contributed by atoms with E-state index in [0.717, 1.165) is 0 Å². The second-order valence-corrected chi connectivity index (χ2v) is 4.41. The number of carbonyl (C=O) groups is 2. The minimum absolute atomic E-state index is 0.0668.